The van der Waals surface area contributed by atoms with Crippen molar-refractivity contribution in [1.82, 2.24) is 0 Å². The minimum Gasteiger partial charge on any atom is -0.508 e. The molecule has 0 saturated heterocycles. The first-order valence-electron chi connectivity index (χ1n) is 9.33. The highest BCUT2D eigenvalue weighted by atomic mass is 35.5. The molecule has 0 spiro atoms. The number of hydrogen-bond acceptors (Lipinski definition) is 5. The molecule has 30 heavy (non-hydrogen) atoms. The van der Waals surface area contributed by atoms with Gasteiger partial charge in [0, 0.05) is 17.9 Å². The molecule has 0 atom stereocenters. The number of nitrogens with one attached hydrogen (secondary N) is 2. The number of halogens is 1. The molecule has 0 aliphatic carbocycles. The maximum Gasteiger partial charge on any atom is 0.262 e. The fraction of sp³-hybridized carbons (Fsp3) is 0.174. The van der Waals surface area contributed by atoms with E-state index < -0.39 is 0 Å². The number of aromatic hydroxyl groups is 1. The number of rotatable bonds is 8. The normalized spacial score (nSPS) is 10.4. The van der Waals surface area contributed by atoms with E-state index in [1.165, 1.54) is 7.11 Å². The maximum absolute atomic E-state index is 12.2. The molecule has 0 aliphatic heterocycles. The van der Waals surface area contributed by atoms with E-state index in [4.69, 9.17) is 21.1 Å². The van der Waals surface area contributed by atoms with E-state index in [0.29, 0.717) is 28.8 Å². The van der Waals surface area contributed by atoms with E-state index in [1.807, 2.05) is 31.2 Å². The number of carbonyl (C=O) groups is 1. The molecule has 0 heterocycles. The number of carbonyl (C=O) groups excluding carboxylic acids is 1. The molecule has 3 N–H and O–H groups in total. The summed E-state index contributed by atoms with van der Waals surface area (Å²) in [5, 5.41) is 15.7. The largest absolute Gasteiger partial charge is 0.508 e. The lowest BCUT2D eigenvalue weighted by molar-refractivity contribution is -0.118. The van der Waals surface area contributed by atoms with Gasteiger partial charge in [-0.25, -0.2) is 0 Å². The highest BCUT2D eigenvalue weighted by Gasteiger charge is 2.14. The van der Waals surface area contributed by atoms with Crippen molar-refractivity contribution in [3.05, 3.63) is 76.8 Å². The molecule has 3 aromatic rings. The molecule has 3 aromatic carbocycles. The molecule has 0 aliphatic rings. The van der Waals surface area contributed by atoms with Gasteiger partial charge in [0.05, 0.1) is 12.1 Å². The molecule has 0 bridgehead atoms. The van der Waals surface area contributed by atoms with Gasteiger partial charge in [0.15, 0.2) is 18.1 Å². The number of phenols is 1. The predicted molar refractivity (Wildman–Crippen MR) is 119 cm³/mol. The monoisotopic (exact) mass is 426 g/mol. The standard InChI is InChI=1S/C23H23ClN2O4/c1-15-3-5-18(6-4-15)26-22(28)14-30-23-20(24)11-16(12-21(23)29-2)13-25-17-7-9-19(27)10-8-17/h3-12,25,27H,13-14H2,1-2H3,(H,26,28). The fourth-order valence-electron chi connectivity index (χ4n) is 2.77. The molecule has 7 heteroatoms. The number of phenolic OH excluding ortho intramolecular Hbond substituents is 1. The second-order valence-corrected chi connectivity index (χ2v) is 7.12. The zero-order valence-electron chi connectivity index (χ0n) is 16.7. The first kappa shape index (κ1) is 21.3. The van der Waals surface area contributed by atoms with Crippen molar-refractivity contribution in [3.63, 3.8) is 0 Å². The molecule has 1 amide bonds. The molecule has 156 valence electrons. The van der Waals surface area contributed by atoms with Crippen LogP contribution in [0.3, 0.4) is 0 Å². The van der Waals surface area contributed by atoms with Crippen molar-refractivity contribution in [2.24, 2.45) is 0 Å². The molecule has 3 rings (SSSR count). The second kappa shape index (κ2) is 9.89. The van der Waals surface area contributed by atoms with Gasteiger partial charge in [0.2, 0.25) is 0 Å². The Labute approximate surface area is 180 Å². The van der Waals surface area contributed by atoms with Crippen molar-refractivity contribution < 1.29 is 19.4 Å². The van der Waals surface area contributed by atoms with Crippen LogP contribution in [0.2, 0.25) is 5.02 Å². The predicted octanol–water partition coefficient (Wildman–Crippen LogP) is 4.99. The molecular weight excluding hydrogens is 404 g/mol. The average molecular weight is 427 g/mol. The number of amides is 1. The number of benzene rings is 3. The van der Waals surface area contributed by atoms with Gasteiger partial charge in [-0.1, -0.05) is 29.3 Å². The van der Waals surface area contributed by atoms with E-state index in [0.717, 1.165) is 16.8 Å². The van der Waals surface area contributed by atoms with E-state index in [-0.39, 0.29) is 18.3 Å². The van der Waals surface area contributed by atoms with Crippen LogP contribution in [-0.4, -0.2) is 24.7 Å². The van der Waals surface area contributed by atoms with Crippen LogP contribution in [0.25, 0.3) is 0 Å². The number of hydrogen-bond donors (Lipinski definition) is 3. The summed E-state index contributed by atoms with van der Waals surface area (Å²) in [6, 6.07) is 17.8. The Kier molecular flexibility index (Phi) is 7.03. The highest BCUT2D eigenvalue weighted by Crippen LogP contribution is 2.36. The van der Waals surface area contributed by atoms with Gasteiger partial charge < -0.3 is 25.2 Å². The van der Waals surface area contributed by atoms with Crippen molar-refractivity contribution in [2.75, 3.05) is 24.4 Å². The van der Waals surface area contributed by atoms with Crippen molar-refractivity contribution in [3.8, 4) is 17.2 Å². The molecule has 0 aromatic heterocycles. The molecule has 6 nitrogen and oxygen atoms in total. The number of aryl methyl sites for hydroxylation is 1. The van der Waals surface area contributed by atoms with Crippen molar-refractivity contribution in [1.29, 1.82) is 0 Å². The topological polar surface area (TPSA) is 79.8 Å². The summed E-state index contributed by atoms with van der Waals surface area (Å²) in [7, 11) is 1.52. The van der Waals surface area contributed by atoms with Crippen LogP contribution < -0.4 is 20.1 Å². The summed E-state index contributed by atoms with van der Waals surface area (Å²) in [4.78, 5) is 12.2. The smallest absolute Gasteiger partial charge is 0.262 e. The lowest BCUT2D eigenvalue weighted by atomic mass is 10.2. The zero-order chi connectivity index (χ0) is 21.5. The summed E-state index contributed by atoms with van der Waals surface area (Å²) in [6.07, 6.45) is 0. The van der Waals surface area contributed by atoms with Crippen LogP contribution in [-0.2, 0) is 11.3 Å². The number of methoxy groups -OCH3 is 1. The third kappa shape index (κ3) is 5.81. The maximum atomic E-state index is 12.2. The summed E-state index contributed by atoms with van der Waals surface area (Å²) in [5.74, 6) is 0.660. The summed E-state index contributed by atoms with van der Waals surface area (Å²) in [6.45, 7) is 2.27. The van der Waals surface area contributed by atoms with Crippen molar-refractivity contribution >= 4 is 28.9 Å². The van der Waals surface area contributed by atoms with Crippen LogP contribution in [0.1, 0.15) is 11.1 Å². The molecule has 0 fully saturated rings. The lowest BCUT2D eigenvalue weighted by Crippen LogP contribution is -2.20. The Morgan fingerprint density at radius 1 is 1.03 bits per heavy atom. The summed E-state index contributed by atoms with van der Waals surface area (Å²) in [5.41, 5.74) is 3.54. The Hall–Kier alpha value is -3.38. The molecule has 0 saturated carbocycles. The summed E-state index contributed by atoms with van der Waals surface area (Å²) < 4.78 is 11.0. The quantitative estimate of drug-likeness (QED) is 0.442. The SMILES string of the molecule is COc1cc(CNc2ccc(O)cc2)cc(Cl)c1OCC(=O)Nc1ccc(C)cc1. The second-order valence-electron chi connectivity index (χ2n) is 6.71. The van der Waals surface area contributed by atoms with E-state index >= 15 is 0 Å². The van der Waals surface area contributed by atoms with Crippen LogP contribution in [0, 0.1) is 6.92 Å². The molecule has 0 radical (unpaired) electrons. The van der Waals surface area contributed by atoms with Crippen LogP contribution in [0.4, 0.5) is 11.4 Å². The third-order valence-electron chi connectivity index (χ3n) is 4.34. The lowest BCUT2D eigenvalue weighted by Gasteiger charge is -2.15. The van der Waals surface area contributed by atoms with Gasteiger partial charge in [-0.15, -0.1) is 0 Å². The number of anilines is 2. The van der Waals surface area contributed by atoms with E-state index in [9.17, 15) is 9.90 Å². The van der Waals surface area contributed by atoms with Gasteiger partial charge in [0.1, 0.15) is 5.75 Å². The van der Waals surface area contributed by atoms with Gasteiger partial charge >= 0.3 is 0 Å². The van der Waals surface area contributed by atoms with Gasteiger partial charge in [0.25, 0.3) is 5.91 Å². The Morgan fingerprint density at radius 2 is 1.70 bits per heavy atom. The minimum atomic E-state index is -0.296. The Balaban J connectivity index is 1.62. The average Bonchev–Trinajstić information content (AvgIpc) is 2.74. The zero-order valence-corrected chi connectivity index (χ0v) is 17.5. The van der Waals surface area contributed by atoms with E-state index in [2.05, 4.69) is 10.6 Å². The van der Waals surface area contributed by atoms with Crippen molar-refractivity contribution in [2.45, 2.75) is 13.5 Å². The third-order valence-corrected chi connectivity index (χ3v) is 4.62. The molecular formula is C23H23ClN2O4. The molecule has 0 unspecified atom stereocenters. The van der Waals surface area contributed by atoms with E-state index in [1.54, 1.807) is 36.4 Å². The van der Waals surface area contributed by atoms with Gasteiger partial charge in [-0.3, -0.25) is 4.79 Å². The van der Waals surface area contributed by atoms with Crippen LogP contribution in [0.15, 0.2) is 60.7 Å². The first-order chi connectivity index (χ1) is 14.4. The van der Waals surface area contributed by atoms with Crippen LogP contribution >= 0.6 is 11.6 Å². The minimum absolute atomic E-state index is 0.199. The fourth-order valence-corrected chi connectivity index (χ4v) is 3.06. The summed E-state index contributed by atoms with van der Waals surface area (Å²) >= 11 is 6.38. The van der Waals surface area contributed by atoms with Gasteiger partial charge in [-0.2, -0.15) is 0 Å². The Morgan fingerprint density at radius 3 is 2.37 bits per heavy atom. The Bertz CT molecular complexity index is 1000. The first-order valence-corrected chi connectivity index (χ1v) is 9.71. The number of ether oxygens (including phenoxy) is 2. The van der Waals surface area contributed by atoms with Crippen LogP contribution in [0.5, 0.6) is 17.2 Å². The van der Waals surface area contributed by atoms with Gasteiger partial charge in [-0.05, 0) is 61.0 Å². The highest BCUT2D eigenvalue weighted by molar-refractivity contribution is 6.32.